The Morgan fingerprint density at radius 2 is 2.00 bits per heavy atom. The van der Waals surface area contributed by atoms with E-state index in [-0.39, 0.29) is 5.96 Å². The highest BCUT2D eigenvalue weighted by atomic mass is 15.0. The molecule has 0 saturated heterocycles. The average Bonchev–Trinajstić information content (AvgIpc) is 1.80. The highest BCUT2D eigenvalue weighted by Gasteiger charge is 1.73. The molecule has 52 valence electrons. The smallest absolute Gasteiger partial charge is 0.186 e. The van der Waals surface area contributed by atoms with Crippen LogP contribution in [0.5, 0.6) is 0 Å². The third-order valence-corrected chi connectivity index (χ3v) is 0.682. The molecule has 0 aliphatic rings. The van der Waals surface area contributed by atoms with Crippen molar-refractivity contribution in [2.75, 3.05) is 13.1 Å². The Balaban J connectivity index is 3.29. The van der Waals surface area contributed by atoms with Crippen molar-refractivity contribution in [3.05, 3.63) is 12.2 Å². The van der Waals surface area contributed by atoms with Crippen molar-refractivity contribution in [3.63, 3.8) is 0 Å². The van der Waals surface area contributed by atoms with Crippen LogP contribution >= 0.6 is 0 Å². The maximum atomic E-state index is 5.15. The Labute approximate surface area is 54.4 Å². The number of nitrogens with zero attached hydrogens (tertiary/aromatic N) is 1. The second-order valence-corrected chi connectivity index (χ2v) is 1.47. The molecule has 0 rings (SSSR count). The first-order valence-corrected chi connectivity index (χ1v) is 2.68. The Bertz CT molecular complexity index is 112. The van der Waals surface area contributed by atoms with Crippen LogP contribution in [0, 0.1) is 0 Å². The van der Waals surface area contributed by atoms with Crippen LogP contribution in [0.25, 0.3) is 0 Å². The van der Waals surface area contributed by atoms with Crippen molar-refractivity contribution in [1.82, 2.24) is 0 Å². The van der Waals surface area contributed by atoms with Gasteiger partial charge in [0.05, 0.1) is 6.54 Å². The largest absolute Gasteiger partial charge is 0.370 e. The Morgan fingerprint density at radius 1 is 1.33 bits per heavy atom. The van der Waals surface area contributed by atoms with E-state index in [0.29, 0.717) is 13.1 Å². The molecule has 0 unspecified atom stereocenters. The average molecular weight is 128 g/mol. The lowest BCUT2D eigenvalue weighted by molar-refractivity contribution is 1.18. The van der Waals surface area contributed by atoms with Gasteiger partial charge in [-0.3, -0.25) is 0 Å². The van der Waals surface area contributed by atoms with Crippen molar-refractivity contribution in [2.24, 2.45) is 22.2 Å². The highest BCUT2D eigenvalue weighted by Crippen LogP contribution is 1.71. The summed E-state index contributed by atoms with van der Waals surface area (Å²) in [6.07, 6.45) is 3.60. The zero-order valence-corrected chi connectivity index (χ0v) is 5.25. The minimum atomic E-state index is 0.108. The minimum absolute atomic E-state index is 0.108. The summed E-state index contributed by atoms with van der Waals surface area (Å²) in [4.78, 5) is 3.69. The predicted molar refractivity (Wildman–Crippen MR) is 38.9 cm³/mol. The van der Waals surface area contributed by atoms with E-state index in [9.17, 15) is 0 Å². The number of nitrogens with two attached hydrogens (primary N) is 3. The van der Waals surface area contributed by atoms with E-state index in [2.05, 4.69) is 4.99 Å². The molecule has 0 radical (unpaired) electrons. The molecular weight excluding hydrogens is 116 g/mol. The molecule has 0 aliphatic carbocycles. The van der Waals surface area contributed by atoms with Gasteiger partial charge in [-0.25, -0.2) is 4.99 Å². The van der Waals surface area contributed by atoms with Crippen molar-refractivity contribution >= 4 is 5.96 Å². The highest BCUT2D eigenvalue weighted by molar-refractivity contribution is 5.75. The van der Waals surface area contributed by atoms with E-state index >= 15 is 0 Å². The third-order valence-electron chi connectivity index (χ3n) is 0.682. The van der Waals surface area contributed by atoms with Crippen molar-refractivity contribution in [2.45, 2.75) is 0 Å². The van der Waals surface area contributed by atoms with Crippen molar-refractivity contribution in [1.29, 1.82) is 0 Å². The molecule has 9 heavy (non-hydrogen) atoms. The van der Waals surface area contributed by atoms with Crippen LogP contribution in [0.4, 0.5) is 0 Å². The molecule has 4 nitrogen and oxygen atoms in total. The molecule has 0 fully saturated rings. The van der Waals surface area contributed by atoms with Gasteiger partial charge in [-0.05, 0) is 0 Å². The number of hydrogen-bond acceptors (Lipinski definition) is 2. The number of rotatable bonds is 3. The molecule has 6 N–H and O–H groups in total. The second-order valence-electron chi connectivity index (χ2n) is 1.47. The standard InChI is InChI=1S/C5H12N4/c6-3-1-2-4-9-5(7)8/h1-2H,3-4,6H2,(H4,7,8,9). The lowest BCUT2D eigenvalue weighted by Crippen LogP contribution is -2.22. The molecule has 0 aromatic carbocycles. The Hall–Kier alpha value is -1.03. The molecule has 0 amide bonds. The molecule has 0 aliphatic heterocycles. The van der Waals surface area contributed by atoms with Gasteiger partial charge in [0.1, 0.15) is 0 Å². The predicted octanol–water partition coefficient (Wildman–Crippen LogP) is -1.23. The van der Waals surface area contributed by atoms with Crippen molar-refractivity contribution < 1.29 is 0 Å². The lowest BCUT2D eigenvalue weighted by Gasteiger charge is -1.85. The first kappa shape index (κ1) is 7.97. The van der Waals surface area contributed by atoms with Crippen molar-refractivity contribution in [3.8, 4) is 0 Å². The molecule has 0 spiro atoms. The van der Waals surface area contributed by atoms with Crippen LogP contribution in [0.15, 0.2) is 17.1 Å². The topological polar surface area (TPSA) is 90.4 Å². The molecule has 0 atom stereocenters. The Morgan fingerprint density at radius 3 is 2.44 bits per heavy atom. The van der Waals surface area contributed by atoms with Gasteiger partial charge in [0.25, 0.3) is 0 Å². The zero-order valence-electron chi connectivity index (χ0n) is 5.25. The normalized spacial score (nSPS) is 9.89. The van der Waals surface area contributed by atoms with E-state index < -0.39 is 0 Å². The van der Waals surface area contributed by atoms with Gasteiger partial charge in [-0.15, -0.1) is 0 Å². The first-order chi connectivity index (χ1) is 4.27. The number of guanidine groups is 1. The third kappa shape index (κ3) is 6.97. The summed E-state index contributed by atoms with van der Waals surface area (Å²) in [5.74, 6) is 0.108. The van der Waals surface area contributed by atoms with E-state index in [1.54, 1.807) is 12.2 Å². The van der Waals surface area contributed by atoms with Gasteiger partial charge in [0.15, 0.2) is 5.96 Å². The van der Waals surface area contributed by atoms with Crippen LogP contribution < -0.4 is 17.2 Å². The molecule has 0 aromatic heterocycles. The quantitative estimate of drug-likeness (QED) is 0.252. The fraction of sp³-hybridized carbons (Fsp3) is 0.400. The second kappa shape index (κ2) is 5.11. The summed E-state index contributed by atoms with van der Waals surface area (Å²) in [7, 11) is 0. The summed E-state index contributed by atoms with van der Waals surface area (Å²) in [5, 5.41) is 0. The van der Waals surface area contributed by atoms with E-state index in [1.165, 1.54) is 0 Å². The van der Waals surface area contributed by atoms with Gasteiger partial charge in [0.2, 0.25) is 0 Å². The summed E-state index contributed by atoms with van der Waals surface area (Å²) < 4.78 is 0. The van der Waals surface area contributed by atoms with Gasteiger partial charge in [0, 0.05) is 6.54 Å². The maximum absolute atomic E-state index is 5.15. The van der Waals surface area contributed by atoms with Crippen LogP contribution in [-0.4, -0.2) is 19.0 Å². The maximum Gasteiger partial charge on any atom is 0.186 e. The van der Waals surface area contributed by atoms with E-state index in [4.69, 9.17) is 17.2 Å². The summed E-state index contributed by atoms with van der Waals surface area (Å²) in [6.45, 7) is 1.04. The molecule has 4 heteroatoms. The van der Waals surface area contributed by atoms with Crippen LogP contribution in [0.3, 0.4) is 0 Å². The van der Waals surface area contributed by atoms with Gasteiger partial charge in [-0.1, -0.05) is 12.2 Å². The lowest BCUT2D eigenvalue weighted by atomic mass is 10.5. The minimum Gasteiger partial charge on any atom is -0.370 e. The van der Waals surface area contributed by atoms with Gasteiger partial charge in [-0.2, -0.15) is 0 Å². The van der Waals surface area contributed by atoms with Gasteiger partial charge < -0.3 is 17.2 Å². The fourth-order valence-electron chi connectivity index (χ4n) is 0.329. The molecule has 0 heterocycles. The molecule has 0 saturated carbocycles. The Kier molecular flexibility index (Phi) is 4.53. The number of aliphatic imine (C=N–C) groups is 1. The van der Waals surface area contributed by atoms with Crippen LogP contribution in [-0.2, 0) is 0 Å². The summed E-state index contributed by atoms with van der Waals surface area (Å²) >= 11 is 0. The van der Waals surface area contributed by atoms with E-state index in [0.717, 1.165) is 0 Å². The fourth-order valence-corrected chi connectivity index (χ4v) is 0.329. The molecule has 0 bridgehead atoms. The van der Waals surface area contributed by atoms with Crippen LogP contribution in [0.1, 0.15) is 0 Å². The monoisotopic (exact) mass is 128 g/mol. The molecule has 0 aromatic rings. The SMILES string of the molecule is NCC=CCN=C(N)N. The van der Waals surface area contributed by atoms with Crippen LogP contribution in [0.2, 0.25) is 0 Å². The van der Waals surface area contributed by atoms with Gasteiger partial charge >= 0.3 is 0 Å². The summed E-state index contributed by atoms with van der Waals surface area (Å²) in [6, 6.07) is 0. The number of hydrogen-bond donors (Lipinski definition) is 3. The zero-order chi connectivity index (χ0) is 7.11. The summed E-state index contributed by atoms with van der Waals surface area (Å²) in [5.41, 5.74) is 15.2. The molecular formula is C5H12N4. The van der Waals surface area contributed by atoms with E-state index in [1.807, 2.05) is 0 Å². The first-order valence-electron chi connectivity index (χ1n) is 2.68.